The summed E-state index contributed by atoms with van der Waals surface area (Å²) in [7, 11) is 0. The molecule has 0 saturated heterocycles. The first-order chi connectivity index (χ1) is 10.6. The van der Waals surface area contributed by atoms with Crippen molar-refractivity contribution < 1.29 is 14.0 Å². The SMILES string of the molecule is O=C(CNC(=O)c1ccc(Cl)cc1)NCc1ccccc1F. The largest absolute Gasteiger partial charge is 0.350 e. The van der Waals surface area contributed by atoms with Gasteiger partial charge in [-0.3, -0.25) is 9.59 Å². The van der Waals surface area contributed by atoms with E-state index in [9.17, 15) is 14.0 Å². The standard InChI is InChI=1S/C16H14ClFN2O2/c17-13-7-5-11(6-8-13)16(22)20-10-15(21)19-9-12-3-1-2-4-14(12)18/h1-8H,9-10H2,(H,19,21)(H,20,22). The lowest BCUT2D eigenvalue weighted by atomic mass is 10.2. The van der Waals surface area contributed by atoms with E-state index in [-0.39, 0.29) is 24.8 Å². The Balaban J connectivity index is 1.79. The molecule has 0 aliphatic rings. The van der Waals surface area contributed by atoms with E-state index in [2.05, 4.69) is 10.6 Å². The summed E-state index contributed by atoms with van der Waals surface area (Å²) in [5, 5.41) is 5.55. The van der Waals surface area contributed by atoms with Gasteiger partial charge >= 0.3 is 0 Å². The van der Waals surface area contributed by atoms with Crippen molar-refractivity contribution in [3.05, 3.63) is 70.5 Å². The molecule has 4 nitrogen and oxygen atoms in total. The van der Waals surface area contributed by atoms with Crippen molar-refractivity contribution >= 4 is 23.4 Å². The predicted octanol–water partition coefficient (Wildman–Crippen LogP) is 2.53. The van der Waals surface area contributed by atoms with Crippen LogP contribution in [0.15, 0.2) is 48.5 Å². The van der Waals surface area contributed by atoms with Crippen LogP contribution in [0.5, 0.6) is 0 Å². The fraction of sp³-hybridized carbons (Fsp3) is 0.125. The molecule has 0 saturated carbocycles. The predicted molar refractivity (Wildman–Crippen MR) is 82.0 cm³/mol. The highest BCUT2D eigenvalue weighted by Crippen LogP contribution is 2.09. The van der Waals surface area contributed by atoms with Crippen molar-refractivity contribution in [3.8, 4) is 0 Å². The summed E-state index contributed by atoms with van der Waals surface area (Å²) < 4.78 is 13.4. The second kappa shape index (κ2) is 7.56. The summed E-state index contributed by atoms with van der Waals surface area (Å²) in [5.74, 6) is -1.16. The Morgan fingerprint density at radius 1 is 1.00 bits per heavy atom. The van der Waals surface area contributed by atoms with Gasteiger partial charge in [0.25, 0.3) is 5.91 Å². The Bertz CT molecular complexity index is 674. The van der Waals surface area contributed by atoms with Crippen LogP contribution in [0.3, 0.4) is 0 Å². The molecule has 0 bridgehead atoms. The van der Waals surface area contributed by atoms with Crippen LogP contribution in [0.1, 0.15) is 15.9 Å². The van der Waals surface area contributed by atoms with Crippen LogP contribution >= 0.6 is 11.6 Å². The minimum atomic E-state index is -0.398. The molecule has 0 spiro atoms. The van der Waals surface area contributed by atoms with Crippen LogP contribution in [-0.2, 0) is 11.3 Å². The van der Waals surface area contributed by atoms with Crippen LogP contribution in [0, 0.1) is 5.82 Å². The fourth-order valence-electron chi connectivity index (χ4n) is 1.76. The minimum absolute atomic E-state index is 0.0717. The van der Waals surface area contributed by atoms with Gasteiger partial charge in [-0.05, 0) is 30.3 Å². The van der Waals surface area contributed by atoms with Crippen LogP contribution in [0.25, 0.3) is 0 Å². The van der Waals surface area contributed by atoms with E-state index in [0.717, 1.165) is 0 Å². The van der Waals surface area contributed by atoms with Gasteiger partial charge in [0.1, 0.15) is 5.82 Å². The number of nitrogens with one attached hydrogen (secondary N) is 2. The highest BCUT2D eigenvalue weighted by atomic mass is 35.5. The molecule has 0 aliphatic heterocycles. The Kier molecular flexibility index (Phi) is 5.49. The van der Waals surface area contributed by atoms with Gasteiger partial charge in [-0.15, -0.1) is 0 Å². The molecule has 0 aliphatic carbocycles. The summed E-state index contributed by atoms with van der Waals surface area (Å²) in [6.45, 7) is -0.113. The summed E-state index contributed by atoms with van der Waals surface area (Å²) in [4.78, 5) is 23.4. The zero-order valence-electron chi connectivity index (χ0n) is 11.6. The van der Waals surface area contributed by atoms with E-state index < -0.39 is 5.91 Å². The zero-order chi connectivity index (χ0) is 15.9. The number of rotatable bonds is 5. The highest BCUT2D eigenvalue weighted by Gasteiger charge is 2.08. The number of carbonyl (C=O) groups excluding carboxylic acids is 2. The smallest absolute Gasteiger partial charge is 0.251 e. The van der Waals surface area contributed by atoms with Gasteiger partial charge in [-0.1, -0.05) is 29.8 Å². The molecule has 0 heterocycles. The summed E-state index contributed by atoms with van der Waals surface area (Å²) in [6.07, 6.45) is 0. The molecule has 2 amide bonds. The van der Waals surface area contributed by atoms with Gasteiger partial charge in [-0.25, -0.2) is 4.39 Å². The number of benzene rings is 2. The maximum absolute atomic E-state index is 13.4. The van der Waals surface area contributed by atoms with Crippen LogP contribution in [0.4, 0.5) is 4.39 Å². The fourth-order valence-corrected chi connectivity index (χ4v) is 1.89. The van der Waals surface area contributed by atoms with Gasteiger partial charge in [0, 0.05) is 22.7 Å². The Morgan fingerprint density at radius 2 is 1.68 bits per heavy atom. The molecule has 0 unspecified atom stereocenters. The lowest BCUT2D eigenvalue weighted by Crippen LogP contribution is -2.36. The molecule has 22 heavy (non-hydrogen) atoms. The monoisotopic (exact) mass is 320 g/mol. The molecule has 2 aromatic rings. The average molecular weight is 321 g/mol. The van der Waals surface area contributed by atoms with E-state index in [1.165, 1.54) is 6.07 Å². The van der Waals surface area contributed by atoms with Crippen LogP contribution in [0.2, 0.25) is 5.02 Å². The van der Waals surface area contributed by atoms with Crippen molar-refractivity contribution in [2.24, 2.45) is 0 Å². The lowest BCUT2D eigenvalue weighted by molar-refractivity contribution is -0.120. The molecule has 0 fully saturated rings. The molecule has 6 heteroatoms. The van der Waals surface area contributed by atoms with E-state index >= 15 is 0 Å². The minimum Gasteiger partial charge on any atom is -0.350 e. The van der Waals surface area contributed by atoms with Gasteiger partial charge in [0.15, 0.2) is 0 Å². The molecule has 2 aromatic carbocycles. The average Bonchev–Trinajstić information content (AvgIpc) is 2.52. The second-order valence-electron chi connectivity index (χ2n) is 4.56. The first-order valence-electron chi connectivity index (χ1n) is 6.60. The molecular formula is C16H14ClFN2O2. The van der Waals surface area contributed by atoms with Crippen LogP contribution in [-0.4, -0.2) is 18.4 Å². The quantitative estimate of drug-likeness (QED) is 0.889. The molecule has 2 rings (SSSR count). The van der Waals surface area contributed by atoms with Crippen LogP contribution < -0.4 is 10.6 Å². The molecule has 114 valence electrons. The lowest BCUT2D eigenvalue weighted by Gasteiger charge is -2.08. The summed E-state index contributed by atoms with van der Waals surface area (Å²) >= 11 is 5.73. The van der Waals surface area contributed by atoms with Gasteiger partial charge < -0.3 is 10.6 Å². The van der Waals surface area contributed by atoms with E-state index in [0.29, 0.717) is 16.1 Å². The highest BCUT2D eigenvalue weighted by molar-refractivity contribution is 6.30. The normalized spacial score (nSPS) is 10.1. The first-order valence-corrected chi connectivity index (χ1v) is 6.98. The van der Waals surface area contributed by atoms with E-state index in [1.54, 1.807) is 42.5 Å². The van der Waals surface area contributed by atoms with Crippen molar-refractivity contribution in [1.29, 1.82) is 0 Å². The van der Waals surface area contributed by atoms with E-state index in [1.807, 2.05) is 0 Å². The number of amides is 2. The van der Waals surface area contributed by atoms with Crippen molar-refractivity contribution in [2.75, 3.05) is 6.54 Å². The third-order valence-corrected chi connectivity index (χ3v) is 3.20. The van der Waals surface area contributed by atoms with Gasteiger partial charge in [0.05, 0.1) is 6.54 Å². The van der Waals surface area contributed by atoms with Crippen molar-refractivity contribution in [3.63, 3.8) is 0 Å². The summed E-state index contributed by atoms with van der Waals surface area (Å²) in [6, 6.07) is 12.5. The molecule has 2 N–H and O–H groups in total. The summed E-state index contributed by atoms with van der Waals surface area (Å²) in [5.41, 5.74) is 0.797. The molecule has 0 radical (unpaired) electrons. The van der Waals surface area contributed by atoms with Crippen molar-refractivity contribution in [2.45, 2.75) is 6.54 Å². The molecular weight excluding hydrogens is 307 g/mol. The third-order valence-electron chi connectivity index (χ3n) is 2.95. The molecule has 0 atom stereocenters. The Labute approximate surface area is 132 Å². The molecule has 0 aromatic heterocycles. The second-order valence-corrected chi connectivity index (χ2v) is 4.99. The third kappa shape index (κ3) is 4.56. The Morgan fingerprint density at radius 3 is 2.36 bits per heavy atom. The van der Waals surface area contributed by atoms with Gasteiger partial charge in [0.2, 0.25) is 5.91 Å². The van der Waals surface area contributed by atoms with Crippen molar-refractivity contribution in [1.82, 2.24) is 10.6 Å². The maximum atomic E-state index is 13.4. The Hall–Kier alpha value is -2.40. The first kappa shape index (κ1) is 16.0. The van der Waals surface area contributed by atoms with Gasteiger partial charge in [-0.2, -0.15) is 0 Å². The maximum Gasteiger partial charge on any atom is 0.251 e. The number of hydrogen-bond donors (Lipinski definition) is 2. The number of carbonyl (C=O) groups is 2. The number of halogens is 2. The zero-order valence-corrected chi connectivity index (χ0v) is 12.4. The topological polar surface area (TPSA) is 58.2 Å². The van der Waals surface area contributed by atoms with E-state index in [4.69, 9.17) is 11.6 Å². The number of hydrogen-bond acceptors (Lipinski definition) is 2.